The Bertz CT molecular complexity index is 254. The van der Waals surface area contributed by atoms with Crippen molar-refractivity contribution in [3.8, 4) is 0 Å². The molecule has 0 aromatic rings. The van der Waals surface area contributed by atoms with Crippen LogP contribution >= 0.6 is 0 Å². The molecule has 0 bridgehead atoms. The third kappa shape index (κ3) is 7.44. The Hall–Kier alpha value is -0.340. The molecule has 0 unspecified atom stereocenters. The lowest BCUT2D eigenvalue weighted by Gasteiger charge is -2.31. The van der Waals surface area contributed by atoms with Crippen molar-refractivity contribution in [1.82, 2.24) is 9.80 Å². The van der Waals surface area contributed by atoms with Crippen LogP contribution in [0.5, 0.6) is 0 Å². The molecule has 1 aliphatic rings. The summed E-state index contributed by atoms with van der Waals surface area (Å²) in [5.74, 6) is 0.962. The Kier molecular flexibility index (Phi) is 9.21. The highest BCUT2D eigenvalue weighted by Gasteiger charge is 2.17. The van der Waals surface area contributed by atoms with Crippen LogP contribution in [0.3, 0.4) is 0 Å². The molecular weight excluding hydrogens is 244 g/mol. The summed E-state index contributed by atoms with van der Waals surface area (Å²) in [5, 5.41) is 0. The minimum atomic E-state index is 0.962. The van der Waals surface area contributed by atoms with Crippen LogP contribution in [-0.2, 0) is 0 Å². The minimum absolute atomic E-state index is 0.962. The van der Waals surface area contributed by atoms with Gasteiger partial charge in [-0.25, -0.2) is 0 Å². The molecule has 20 heavy (non-hydrogen) atoms. The summed E-state index contributed by atoms with van der Waals surface area (Å²) < 4.78 is 0. The molecule has 1 rings (SSSR count). The van der Waals surface area contributed by atoms with Gasteiger partial charge < -0.3 is 9.80 Å². The summed E-state index contributed by atoms with van der Waals surface area (Å²) in [6, 6.07) is 0. The molecule has 118 valence electrons. The third-order valence-corrected chi connectivity index (χ3v) is 4.62. The Labute approximate surface area is 127 Å². The highest BCUT2D eigenvalue weighted by Crippen LogP contribution is 2.20. The van der Waals surface area contributed by atoms with Gasteiger partial charge in [0, 0.05) is 6.54 Å². The first-order valence-electron chi connectivity index (χ1n) is 8.73. The SMILES string of the molecule is C=C(CCC)CCN(CCC)CCC1CCN(C)CC1. The molecule has 1 fully saturated rings. The molecule has 2 nitrogen and oxygen atoms in total. The van der Waals surface area contributed by atoms with Crippen LogP contribution in [0.4, 0.5) is 0 Å². The average Bonchev–Trinajstić information content (AvgIpc) is 2.44. The van der Waals surface area contributed by atoms with E-state index in [1.54, 1.807) is 0 Å². The predicted molar refractivity (Wildman–Crippen MR) is 90.2 cm³/mol. The topological polar surface area (TPSA) is 6.48 Å². The summed E-state index contributed by atoms with van der Waals surface area (Å²) in [6.45, 7) is 15.1. The van der Waals surface area contributed by atoms with Crippen molar-refractivity contribution in [2.24, 2.45) is 5.92 Å². The van der Waals surface area contributed by atoms with Gasteiger partial charge in [-0.2, -0.15) is 0 Å². The third-order valence-electron chi connectivity index (χ3n) is 4.62. The van der Waals surface area contributed by atoms with Gasteiger partial charge in [-0.1, -0.05) is 32.4 Å². The van der Waals surface area contributed by atoms with Crippen LogP contribution < -0.4 is 0 Å². The van der Waals surface area contributed by atoms with Crippen LogP contribution in [0.2, 0.25) is 0 Å². The molecule has 1 heterocycles. The van der Waals surface area contributed by atoms with E-state index in [-0.39, 0.29) is 0 Å². The second-order valence-electron chi connectivity index (χ2n) is 6.63. The van der Waals surface area contributed by atoms with Gasteiger partial charge in [0.1, 0.15) is 0 Å². The summed E-state index contributed by atoms with van der Waals surface area (Å²) in [6.07, 6.45) is 9.11. The summed E-state index contributed by atoms with van der Waals surface area (Å²) in [5.41, 5.74) is 1.44. The van der Waals surface area contributed by atoms with E-state index < -0.39 is 0 Å². The van der Waals surface area contributed by atoms with Gasteiger partial charge in [-0.05, 0) is 77.7 Å². The molecule has 0 aromatic heterocycles. The maximum Gasteiger partial charge on any atom is 0.00185 e. The Morgan fingerprint density at radius 2 is 1.75 bits per heavy atom. The van der Waals surface area contributed by atoms with Crippen LogP contribution in [0.25, 0.3) is 0 Å². The maximum absolute atomic E-state index is 4.20. The molecule has 0 amide bonds. The van der Waals surface area contributed by atoms with Gasteiger partial charge in [-0.15, -0.1) is 0 Å². The maximum atomic E-state index is 4.20. The van der Waals surface area contributed by atoms with Gasteiger partial charge >= 0.3 is 0 Å². The normalized spacial score (nSPS) is 17.8. The van der Waals surface area contributed by atoms with E-state index in [4.69, 9.17) is 0 Å². The molecular formula is C18H36N2. The lowest BCUT2D eigenvalue weighted by atomic mass is 9.93. The molecule has 0 radical (unpaired) electrons. The van der Waals surface area contributed by atoms with Gasteiger partial charge in [0.25, 0.3) is 0 Å². The minimum Gasteiger partial charge on any atom is -0.306 e. The number of hydrogen-bond acceptors (Lipinski definition) is 2. The molecule has 0 aromatic carbocycles. The molecule has 2 heteroatoms. The van der Waals surface area contributed by atoms with Gasteiger partial charge in [0.15, 0.2) is 0 Å². The van der Waals surface area contributed by atoms with E-state index in [2.05, 4.69) is 37.3 Å². The lowest BCUT2D eigenvalue weighted by molar-refractivity contribution is 0.186. The fourth-order valence-corrected chi connectivity index (χ4v) is 3.16. The zero-order chi connectivity index (χ0) is 14.8. The van der Waals surface area contributed by atoms with Crippen molar-refractivity contribution in [3.05, 3.63) is 12.2 Å². The van der Waals surface area contributed by atoms with Crippen molar-refractivity contribution >= 4 is 0 Å². The molecule has 0 spiro atoms. The van der Waals surface area contributed by atoms with E-state index in [0.29, 0.717) is 0 Å². The Morgan fingerprint density at radius 1 is 1.05 bits per heavy atom. The van der Waals surface area contributed by atoms with Crippen LogP contribution in [0.15, 0.2) is 12.2 Å². The zero-order valence-corrected chi connectivity index (χ0v) is 14.2. The summed E-state index contributed by atoms with van der Waals surface area (Å²) in [7, 11) is 2.25. The fourth-order valence-electron chi connectivity index (χ4n) is 3.16. The zero-order valence-electron chi connectivity index (χ0n) is 14.2. The molecule has 0 saturated carbocycles. The molecule has 0 atom stereocenters. The molecule has 1 aliphatic heterocycles. The highest BCUT2D eigenvalue weighted by atomic mass is 15.1. The van der Waals surface area contributed by atoms with Gasteiger partial charge in [-0.3, -0.25) is 0 Å². The fraction of sp³-hybridized carbons (Fsp3) is 0.889. The largest absolute Gasteiger partial charge is 0.306 e. The van der Waals surface area contributed by atoms with Crippen molar-refractivity contribution in [1.29, 1.82) is 0 Å². The number of nitrogens with zero attached hydrogens (tertiary/aromatic N) is 2. The van der Waals surface area contributed by atoms with E-state index in [1.165, 1.54) is 83.2 Å². The van der Waals surface area contributed by atoms with Crippen LogP contribution in [0.1, 0.15) is 58.8 Å². The Morgan fingerprint density at radius 3 is 2.35 bits per heavy atom. The van der Waals surface area contributed by atoms with Crippen molar-refractivity contribution in [2.45, 2.75) is 58.8 Å². The number of hydrogen-bond donors (Lipinski definition) is 0. The first kappa shape index (κ1) is 17.7. The summed E-state index contributed by atoms with van der Waals surface area (Å²) >= 11 is 0. The quantitative estimate of drug-likeness (QED) is 0.554. The second kappa shape index (κ2) is 10.4. The van der Waals surface area contributed by atoms with E-state index in [0.717, 1.165) is 5.92 Å². The predicted octanol–water partition coefficient (Wildman–Crippen LogP) is 4.18. The van der Waals surface area contributed by atoms with Crippen molar-refractivity contribution in [2.75, 3.05) is 39.8 Å². The van der Waals surface area contributed by atoms with Gasteiger partial charge in [0.2, 0.25) is 0 Å². The van der Waals surface area contributed by atoms with Crippen molar-refractivity contribution in [3.63, 3.8) is 0 Å². The second-order valence-corrected chi connectivity index (χ2v) is 6.63. The standard InChI is InChI=1S/C18H36N2/c1-5-7-17(3)8-15-20(12-6-2)16-11-18-9-13-19(4)14-10-18/h18H,3,5-16H2,1-2,4H3. The molecule has 0 aliphatic carbocycles. The van der Waals surface area contributed by atoms with E-state index >= 15 is 0 Å². The van der Waals surface area contributed by atoms with Crippen LogP contribution in [0, 0.1) is 5.92 Å². The average molecular weight is 280 g/mol. The number of likely N-dealkylation sites (tertiary alicyclic amines) is 1. The summed E-state index contributed by atoms with van der Waals surface area (Å²) in [4.78, 5) is 5.13. The monoisotopic (exact) mass is 280 g/mol. The first-order valence-corrected chi connectivity index (χ1v) is 8.73. The lowest BCUT2D eigenvalue weighted by Crippen LogP contribution is -2.33. The van der Waals surface area contributed by atoms with Crippen LogP contribution in [-0.4, -0.2) is 49.6 Å². The van der Waals surface area contributed by atoms with Gasteiger partial charge in [0.05, 0.1) is 0 Å². The van der Waals surface area contributed by atoms with Crippen molar-refractivity contribution < 1.29 is 0 Å². The highest BCUT2D eigenvalue weighted by molar-refractivity contribution is 4.94. The molecule has 1 saturated heterocycles. The number of piperidine rings is 1. The van der Waals surface area contributed by atoms with E-state index in [1.807, 2.05) is 0 Å². The Balaban J connectivity index is 2.22. The number of rotatable bonds is 10. The molecule has 0 N–H and O–H groups in total. The van der Waals surface area contributed by atoms with E-state index in [9.17, 15) is 0 Å². The first-order chi connectivity index (χ1) is 9.65. The smallest absolute Gasteiger partial charge is 0.00185 e.